The molecule has 0 radical (unpaired) electrons. The van der Waals surface area contributed by atoms with E-state index in [-0.39, 0.29) is 0 Å². The Balaban J connectivity index is 2.00. The molecule has 0 bridgehead atoms. The molecule has 0 aliphatic carbocycles. The Bertz CT molecular complexity index is 11.2. The van der Waals surface area contributed by atoms with Crippen LogP contribution in [0.3, 0.4) is 0 Å². The molecular weight excluding hydrogens is 158 g/mol. The van der Waals surface area contributed by atoms with Gasteiger partial charge in [-0.1, -0.05) is 0 Å². The van der Waals surface area contributed by atoms with Crippen molar-refractivity contribution in [2.45, 2.75) is 15.2 Å². The second kappa shape index (κ2) is 1.31. The molecule has 0 unspecified atom stereocenters. The quantitative estimate of drug-likeness (QED) is 0.462. The van der Waals surface area contributed by atoms with Crippen LogP contribution >= 0.6 is 0 Å². The van der Waals surface area contributed by atoms with Gasteiger partial charge < -0.3 is 0 Å². The fraction of sp³-hybridized carbons (Fsp3) is 1.00. The van der Waals surface area contributed by atoms with Crippen LogP contribution in [0.25, 0.3) is 0 Å². The third-order valence-electron chi connectivity index (χ3n) is 0.707. The van der Waals surface area contributed by atoms with Crippen molar-refractivity contribution in [3.8, 4) is 0 Å². The fourth-order valence-corrected chi connectivity index (χ4v) is 1.19. The average molecular weight is 165 g/mol. The SMILES string of the molecule is C1[CH2][SbH][CH2]1. The van der Waals surface area contributed by atoms with Crippen LogP contribution in [0.1, 0.15) is 6.42 Å². The van der Waals surface area contributed by atoms with Gasteiger partial charge in [0, 0.05) is 0 Å². The number of hydrogen-bond donors (Lipinski definition) is 0. The number of rotatable bonds is 0. The maximum atomic E-state index is 1.67. The van der Waals surface area contributed by atoms with Crippen molar-refractivity contribution in [3.63, 3.8) is 0 Å². The summed E-state index contributed by atoms with van der Waals surface area (Å²) in [6, 6.07) is 0. The molecule has 0 aromatic heterocycles. The van der Waals surface area contributed by atoms with E-state index in [1.165, 1.54) is 0 Å². The second-order valence-corrected chi connectivity index (χ2v) is 5.38. The van der Waals surface area contributed by atoms with Gasteiger partial charge in [0.15, 0.2) is 0 Å². The molecule has 1 saturated heterocycles. The van der Waals surface area contributed by atoms with Crippen LogP contribution < -0.4 is 0 Å². The predicted octanol–water partition coefficient (Wildman–Crippen LogP) is 0.663. The molecule has 1 rings (SSSR count). The van der Waals surface area contributed by atoms with Gasteiger partial charge in [0.25, 0.3) is 0 Å². The molecule has 0 N–H and O–H groups in total. The van der Waals surface area contributed by atoms with E-state index in [1.54, 1.807) is 15.2 Å². The number of hydrogen-bond acceptors (Lipinski definition) is 0. The van der Waals surface area contributed by atoms with Gasteiger partial charge in [0.05, 0.1) is 0 Å². The first-order valence-electron chi connectivity index (χ1n) is 1.71. The van der Waals surface area contributed by atoms with Crippen molar-refractivity contribution in [1.29, 1.82) is 0 Å². The van der Waals surface area contributed by atoms with Gasteiger partial charge >= 0.3 is 36.8 Å². The van der Waals surface area contributed by atoms with Crippen molar-refractivity contribution in [1.82, 2.24) is 0 Å². The van der Waals surface area contributed by atoms with Crippen molar-refractivity contribution in [2.75, 3.05) is 0 Å². The summed E-state index contributed by atoms with van der Waals surface area (Å²) in [6.45, 7) is 0. The molecule has 1 heterocycles. The van der Waals surface area contributed by atoms with Crippen LogP contribution in [0.2, 0.25) is 8.73 Å². The predicted molar refractivity (Wildman–Crippen MR) is 21.4 cm³/mol. The molecular formula is C3H7Sb. The Morgan fingerprint density at radius 3 is 1.50 bits per heavy atom. The zero-order chi connectivity index (χ0) is 2.83. The molecule has 0 nitrogen and oxygen atoms in total. The molecule has 0 amide bonds. The molecule has 0 saturated carbocycles. The van der Waals surface area contributed by atoms with E-state index in [2.05, 4.69) is 0 Å². The first-order valence-corrected chi connectivity index (χ1v) is 5.74. The van der Waals surface area contributed by atoms with Crippen molar-refractivity contribution < 1.29 is 0 Å². The topological polar surface area (TPSA) is 0 Å². The molecule has 0 atom stereocenters. The summed E-state index contributed by atoms with van der Waals surface area (Å²) in [6.07, 6.45) is 1.58. The van der Waals surface area contributed by atoms with Gasteiger partial charge in [-0.05, 0) is 0 Å². The monoisotopic (exact) mass is 164 g/mol. The summed E-state index contributed by atoms with van der Waals surface area (Å²) in [5.74, 6) is 0. The Morgan fingerprint density at radius 1 is 1.25 bits per heavy atom. The van der Waals surface area contributed by atoms with E-state index >= 15 is 0 Å². The molecule has 0 spiro atoms. The summed E-state index contributed by atoms with van der Waals surface area (Å²) >= 11 is 0.404. The molecule has 0 aromatic rings. The minimum absolute atomic E-state index is 0.404. The van der Waals surface area contributed by atoms with Crippen LogP contribution in [-0.2, 0) is 0 Å². The van der Waals surface area contributed by atoms with E-state index < -0.39 is 0 Å². The molecule has 1 aliphatic rings. The zero-order valence-electron chi connectivity index (χ0n) is 2.62. The van der Waals surface area contributed by atoms with Gasteiger partial charge in [-0.25, -0.2) is 0 Å². The van der Waals surface area contributed by atoms with Crippen LogP contribution in [0.15, 0.2) is 0 Å². The van der Waals surface area contributed by atoms with E-state index in [0.717, 1.165) is 0 Å². The maximum absolute atomic E-state index is 1.67. The van der Waals surface area contributed by atoms with Crippen LogP contribution in [0.4, 0.5) is 0 Å². The Kier molecular flexibility index (Phi) is 0.988. The second-order valence-electron chi connectivity index (χ2n) is 1.10. The standard InChI is InChI=1S/C3H6.Sb.H/c1-3-2;;/h1-3H2;;. The summed E-state index contributed by atoms with van der Waals surface area (Å²) in [4.78, 5) is 0. The van der Waals surface area contributed by atoms with E-state index in [4.69, 9.17) is 0 Å². The Hall–Kier alpha value is 0.818. The van der Waals surface area contributed by atoms with Gasteiger partial charge in [-0.15, -0.1) is 0 Å². The van der Waals surface area contributed by atoms with Crippen molar-refractivity contribution in [3.05, 3.63) is 0 Å². The van der Waals surface area contributed by atoms with Gasteiger partial charge in [-0.2, -0.15) is 0 Å². The summed E-state index contributed by atoms with van der Waals surface area (Å²) in [5, 5.41) is 0. The van der Waals surface area contributed by atoms with Gasteiger partial charge in [0.2, 0.25) is 0 Å². The van der Waals surface area contributed by atoms with Gasteiger partial charge in [0.1, 0.15) is 0 Å². The fourth-order valence-electron chi connectivity index (χ4n) is 0.177. The normalized spacial score (nSPS) is 24.0. The third kappa shape index (κ3) is 0.401. The molecule has 24 valence electrons. The Morgan fingerprint density at radius 2 is 1.50 bits per heavy atom. The third-order valence-corrected chi connectivity index (χ3v) is 4.74. The summed E-state index contributed by atoms with van der Waals surface area (Å²) < 4.78 is 3.34. The van der Waals surface area contributed by atoms with Crippen LogP contribution in [0.5, 0.6) is 0 Å². The summed E-state index contributed by atoms with van der Waals surface area (Å²) in [7, 11) is 0. The molecule has 1 aliphatic heterocycles. The molecule has 1 heteroatoms. The minimum atomic E-state index is 0.404. The van der Waals surface area contributed by atoms with Crippen molar-refractivity contribution in [2.24, 2.45) is 0 Å². The molecule has 4 heavy (non-hydrogen) atoms. The summed E-state index contributed by atoms with van der Waals surface area (Å²) in [5.41, 5.74) is 0. The van der Waals surface area contributed by atoms with E-state index in [0.29, 0.717) is 21.6 Å². The first kappa shape index (κ1) is 3.03. The molecule has 1 fully saturated rings. The average Bonchev–Trinajstić information content (AvgIpc) is 0.722. The molecule has 0 aromatic carbocycles. The zero-order valence-corrected chi connectivity index (χ0v) is 5.48. The van der Waals surface area contributed by atoms with Crippen molar-refractivity contribution >= 4 is 21.6 Å². The van der Waals surface area contributed by atoms with E-state index in [1.807, 2.05) is 0 Å². The Labute approximate surface area is 37.1 Å². The van der Waals surface area contributed by atoms with Crippen LogP contribution in [0, 0.1) is 0 Å². The first-order chi connectivity index (χ1) is 2.00. The van der Waals surface area contributed by atoms with Crippen LogP contribution in [-0.4, -0.2) is 21.6 Å². The van der Waals surface area contributed by atoms with E-state index in [9.17, 15) is 0 Å². The van der Waals surface area contributed by atoms with Gasteiger partial charge in [-0.3, -0.25) is 0 Å².